The van der Waals surface area contributed by atoms with Gasteiger partial charge >= 0.3 is 0 Å². The first kappa shape index (κ1) is 15.0. The van der Waals surface area contributed by atoms with Crippen molar-refractivity contribution in [3.63, 3.8) is 0 Å². The van der Waals surface area contributed by atoms with Crippen LogP contribution in [0.1, 0.15) is 28.5 Å². The summed E-state index contributed by atoms with van der Waals surface area (Å²) in [4.78, 5) is 16.0. The first-order chi connectivity index (χ1) is 10.2. The van der Waals surface area contributed by atoms with Crippen LogP contribution in [0.15, 0.2) is 42.6 Å². The van der Waals surface area contributed by atoms with E-state index < -0.39 is 0 Å². The second-order valence-electron chi connectivity index (χ2n) is 4.57. The third-order valence-corrected chi connectivity index (χ3v) is 3.04. The van der Waals surface area contributed by atoms with Crippen molar-refractivity contribution in [2.24, 2.45) is 0 Å². The highest BCUT2D eigenvalue weighted by atomic mass is 16.5. The molecule has 1 aromatic heterocycles. The van der Waals surface area contributed by atoms with Crippen LogP contribution >= 0.6 is 0 Å². The first-order valence-corrected chi connectivity index (χ1v) is 6.85. The molecule has 2 aromatic rings. The summed E-state index contributed by atoms with van der Waals surface area (Å²) < 4.78 is 5.43. The van der Waals surface area contributed by atoms with Crippen molar-refractivity contribution in [1.29, 1.82) is 0 Å². The largest absolute Gasteiger partial charge is 0.397 e. The zero-order valence-corrected chi connectivity index (χ0v) is 12.0. The minimum Gasteiger partial charge on any atom is -0.397 e. The maximum absolute atomic E-state index is 12.0. The van der Waals surface area contributed by atoms with E-state index in [1.54, 1.807) is 12.1 Å². The van der Waals surface area contributed by atoms with Gasteiger partial charge in [0.1, 0.15) is 5.69 Å². The van der Waals surface area contributed by atoms with E-state index >= 15 is 0 Å². The Bertz CT molecular complexity index is 597. The predicted molar refractivity (Wildman–Crippen MR) is 81.6 cm³/mol. The van der Waals surface area contributed by atoms with Gasteiger partial charge in [0, 0.05) is 13.2 Å². The SMILES string of the molecule is CCOCc1ccccc1CNC(=O)c1ccc(N)cn1. The van der Waals surface area contributed by atoms with Gasteiger partial charge in [0.2, 0.25) is 0 Å². The molecule has 0 bridgehead atoms. The fraction of sp³-hybridized carbons (Fsp3) is 0.250. The highest BCUT2D eigenvalue weighted by molar-refractivity contribution is 5.92. The topological polar surface area (TPSA) is 77.2 Å². The fourth-order valence-corrected chi connectivity index (χ4v) is 1.89. The molecule has 0 aliphatic heterocycles. The van der Waals surface area contributed by atoms with E-state index in [4.69, 9.17) is 10.5 Å². The number of ether oxygens (including phenoxy) is 1. The summed E-state index contributed by atoms with van der Waals surface area (Å²) in [6, 6.07) is 11.1. The van der Waals surface area contributed by atoms with Crippen LogP contribution in [-0.4, -0.2) is 17.5 Å². The third kappa shape index (κ3) is 4.29. The highest BCUT2D eigenvalue weighted by Crippen LogP contribution is 2.10. The monoisotopic (exact) mass is 285 g/mol. The van der Waals surface area contributed by atoms with Crippen molar-refractivity contribution in [3.05, 3.63) is 59.4 Å². The average Bonchev–Trinajstić information content (AvgIpc) is 2.52. The molecule has 0 unspecified atom stereocenters. The van der Waals surface area contributed by atoms with Gasteiger partial charge in [-0.3, -0.25) is 4.79 Å². The molecule has 5 heteroatoms. The molecule has 0 saturated carbocycles. The Morgan fingerprint density at radius 3 is 2.67 bits per heavy atom. The molecule has 0 fully saturated rings. The second kappa shape index (κ2) is 7.40. The molecule has 0 spiro atoms. The van der Waals surface area contributed by atoms with Crippen LogP contribution in [-0.2, 0) is 17.9 Å². The molecular weight excluding hydrogens is 266 g/mol. The van der Waals surface area contributed by atoms with E-state index in [-0.39, 0.29) is 5.91 Å². The summed E-state index contributed by atoms with van der Waals surface area (Å²) in [6.45, 7) is 3.60. The van der Waals surface area contributed by atoms with Crippen LogP contribution in [0.3, 0.4) is 0 Å². The average molecular weight is 285 g/mol. The number of amides is 1. The summed E-state index contributed by atoms with van der Waals surface area (Å²) >= 11 is 0. The Labute approximate surface area is 124 Å². The van der Waals surface area contributed by atoms with Gasteiger partial charge in [0.05, 0.1) is 18.5 Å². The molecule has 1 aromatic carbocycles. The van der Waals surface area contributed by atoms with Crippen LogP contribution < -0.4 is 11.1 Å². The second-order valence-corrected chi connectivity index (χ2v) is 4.57. The van der Waals surface area contributed by atoms with Crippen molar-refractivity contribution in [1.82, 2.24) is 10.3 Å². The number of hydrogen-bond donors (Lipinski definition) is 2. The van der Waals surface area contributed by atoms with Gasteiger partial charge in [-0.05, 0) is 30.2 Å². The molecule has 0 aliphatic carbocycles. The normalized spacial score (nSPS) is 10.3. The summed E-state index contributed by atoms with van der Waals surface area (Å²) in [7, 11) is 0. The minimum absolute atomic E-state index is 0.221. The van der Waals surface area contributed by atoms with Gasteiger partial charge in [-0.15, -0.1) is 0 Å². The number of carbonyl (C=O) groups is 1. The lowest BCUT2D eigenvalue weighted by Crippen LogP contribution is -2.24. The van der Waals surface area contributed by atoms with Crippen molar-refractivity contribution >= 4 is 11.6 Å². The van der Waals surface area contributed by atoms with Gasteiger partial charge in [-0.2, -0.15) is 0 Å². The predicted octanol–water partition coefficient (Wildman–Crippen LogP) is 2.13. The molecule has 3 N–H and O–H groups in total. The molecule has 21 heavy (non-hydrogen) atoms. The molecule has 1 heterocycles. The maximum atomic E-state index is 12.0. The summed E-state index contributed by atoms with van der Waals surface area (Å²) in [5.74, 6) is -0.221. The van der Waals surface area contributed by atoms with E-state index in [9.17, 15) is 4.79 Å². The number of nitrogens with one attached hydrogen (secondary N) is 1. The van der Waals surface area contributed by atoms with Crippen molar-refractivity contribution < 1.29 is 9.53 Å². The molecular formula is C16H19N3O2. The number of carbonyl (C=O) groups excluding carboxylic acids is 1. The summed E-state index contributed by atoms with van der Waals surface area (Å²) in [5.41, 5.74) is 8.55. The van der Waals surface area contributed by atoms with Crippen LogP contribution in [0.5, 0.6) is 0 Å². The number of hydrogen-bond acceptors (Lipinski definition) is 4. The zero-order chi connectivity index (χ0) is 15.1. The van der Waals surface area contributed by atoms with Crippen LogP contribution in [0.4, 0.5) is 5.69 Å². The molecule has 5 nitrogen and oxygen atoms in total. The van der Waals surface area contributed by atoms with Gasteiger partial charge < -0.3 is 15.8 Å². The maximum Gasteiger partial charge on any atom is 0.270 e. The summed E-state index contributed by atoms with van der Waals surface area (Å²) in [6.07, 6.45) is 1.47. The minimum atomic E-state index is -0.221. The van der Waals surface area contributed by atoms with E-state index in [2.05, 4.69) is 10.3 Å². The molecule has 0 aliphatic rings. The van der Waals surface area contributed by atoms with E-state index in [0.717, 1.165) is 11.1 Å². The highest BCUT2D eigenvalue weighted by Gasteiger charge is 2.08. The first-order valence-electron chi connectivity index (χ1n) is 6.85. The molecule has 2 rings (SSSR count). The Kier molecular flexibility index (Phi) is 5.29. The lowest BCUT2D eigenvalue weighted by Gasteiger charge is -2.10. The standard InChI is InChI=1S/C16H19N3O2/c1-2-21-11-13-6-4-3-5-12(13)9-19-16(20)15-8-7-14(17)10-18-15/h3-8,10H,2,9,11,17H2,1H3,(H,19,20). The van der Waals surface area contributed by atoms with Crippen molar-refractivity contribution in [2.75, 3.05) is 12.3 Å². The molecule has 0 radical (unpaired) electrons. The quantitative estimate of drug-likeness (QED) is 0.852. The number of benzene rings is 1. The smallest absolute Gasteiger partial charge is 0.270 e. The van der Waals surface area contributed by atoms with E-state index in [1.807, 2.05) is 31.2 Å². The third-order valence-electron chi connectivity index (χ3n) is 3.04. The van der Waals surface area contributed by atoms with Crippen LogP contribution in [0.2, 0.25) is 0 Å². The molecule has 0 saturated heterocycles. The zero-order valence-electron chi connectivity index (χ0n) is 12.0. The number of nitrogens with two attached hydrogens (primary N) is 1. The molecule has 1 amide bonds. The molecule has 110 valence electrons. The Morgan fingerprint density at radius 1 is 1.24 bits per heavy atom. The Hall–Kier alpha value is -2.40. The lowest BCUT2D eigenvalue weighted by molar-refractivity contribution is 0.0945. The number of pyridine rings is 1. The number of nitrogens with zero attached hydrogens (tertiary/aromatic N) is 1. The number of anilines is 1. The number of nitrogen functional groups attached to an aromatic ring is 1. The van der Waals surface area contributed by atoms with Gasteiger partial charge in [-0.1, -0.05) is 24.3 Å². The Morgan fingerprint density at radius 2 is 2.00 bits per heavy atom. The summed E-state index contributed by atoms with van der Waals surface area (Å²) in [5, 5.41) is 2.85. The molecule has 0 atom stereocenters. The van der Waals surface area contributed by atoms with Gasteiger partial charge in [0.25, 0.3) is 5.91 Å². The fourth-order valence-electron chi connectivity index (χ4n) is 1.89. The number of rotatable bonds is 6. The van der Waals surface area contributed by atoms with Crippen molar-refractivity contribution in [2.45, 2.75) is 20.1 Å². The van der Waals surface area contributed by atoms with Gasteiger partial charge in [-0.25, -0.2) is 4.98 Å². The van der Waals surface area contributed by atoms with Crippen LogP contribution in [0.25, 0.3) is 0 Å². The lowest BCUT2D eigenvalue weighted by atomic mass is 10.1. The van der Waals surface area contributed by atoms with Crippen LogP contribution in [0, 0.1) is 0 Å². The van der Waals surface area contributed by atoms with E-state index in [1.165, 1.54) is 6.20 Å². The van der Waals surface area contributed by atoms with Crippen molar-refractivity contribution in [3.8, 4) is 0 Å². The van der Waals surface area contributed by atoms with Gasteiger partial charge in [0.15, 0.2) is 0 Å². The van der Waals surface area contributed by atoms with E-state index in [0.29, 0.717) is 31.1 Å². The number of aromatic nitrogens is 1. The Balaban J connectivity index is 1.99.